The molecule has 0 amide bonds. The van der Waals surface area contributed by atoms with Gasteiger partial charge in [0.05, 0.1) is 0 Å². The van der Waals surface area contributed by atoms with Crippen LogP contribution in [0.3, 0.4) is 0 Å². The van der Waals surface area contributed by atoms with Crippen LogP contribution in [0.4, 0.5) is 5.82 Å². The van der Waals surface area contributed by atoms with E-state index in [4.69, 9.17) is 5.73 Å². The lowest BCUT2D eigenvalue weighted by Crippen LogP contribution is -2.31. The Balaban J connectivity index is 2.01. The van der Waals surface area contributed by atoms with Crippen molar-refractivity contribution in [1.29, 1.82) is 0 Å². The van der Waals surface area contributed by atoms with Crippen molar-refractivity contribution in [3.05, 3.63) is 18.1 Å². The molecule has 1 aromatic heterocycles. The van der Waals surface area contributed by atoms with Crippen molar-refractivity contribution in [2.75, 3.05) is 11.9 Å². The Morgan fingerprint density at radius 3 is 3.00 bits per heavy atom. The monoisotopic (exact) mass is 192 g/mol. The molecule has 0 saturated heterocycles. The van der Waals surface area contributed by atoms with Crippen LogP contribution in [-0.2, 0) is 0 Å². The Labute approximate surface area is 83.9 Å². The highest BCUT2D eigenvalue weighted by Gasteiger charge is 2.30. The highest BCUT2D eigenvalue weighted by atomic mass is 15.1. The first-order chi connectivity index (χ1) is 6.79. The Hall–Kier alpha value is -1.16. The first-order valence-corrected chi connectivity index (χ1v) is 5.06. The van der Waals surface area contributed by atoms with Gasteiger partial charge in [-0.25, -0.2) is 9.97 Å². The molecule has 0 spiro atoms. The van der Waals surface area contributed by atoms with Crippen molar-refractivity contribution < 1.29 is 0 Å². The molecule has 1 aliphatic carbocycles. The molecule has 4 heteroatoms. The summed E-state index contributed by atoms with van der Waals surface area (Å²) in [7, 11) is 0. The van der Waals surface area contributed by atoms with Crippen molar-refractivity contribution in [2.45, 2.75) is 25.8 Å². The Kier molecular flexibility index (Phi) is 2.63. The number of nitrogens with zero attached hydrogens (tertiary/aromatic N) is 2. The van der Waals surface area contributed by atoms with Gasteiger partial charge >= 0.3 is 0 Å². The average molecular weight is 192 g/mol. The third-order valence-electron chi connectivity index (χ3n) is 2.55. The summed E-state index contributed by atoms with van der Waals surface area (Å²) in [4.78, 5) is 8.34. The molecule has 1 unspecified atom stereocenters. The van der Waals surface area contributed by atoms with Crippen molar-refractivity contribution in [3.63, 3.8) is 0 Å². The molecule has 0 aromatic carbocycles. The van der Waals surface area contributed by atoms with E-state index in [1.807, 2.05) is 13.0 Å². The van der Waals surface area contributed by atoms with Gasteiger partial charge in [0.15, 0.2) is 0 Å². The second-order valence-corrected chi connectivity index (χ2v) is 3.81. The molecule has 14 heavy (non-hydrogen) atoms. The molecule has 2 rings (SSSR count). The van der Waals surface area contributed by atoms with Gasteiger partial charge in [0.25, 0.3) is 0 Å². The minimum Gasteiger partial charge on any atom is -0.366 e. The van der Waals surface area contributed by atoms with Crippen LogP contribution in [0.2, 0.25) is 0 Å². The second-order valence-electron chi connectivity index (χ2n) is 3.81. The first kappa shape index (κ1) is 9.40. The molecule has 1 heterocycles. The van der Waals surface area contributed by atoms with Crippen LogP contribution in [0, 0.1) is 12.8 Å². The molecule has 0 aliphatic heterocycles. The summed E-state index contributed by atoms with van der Waals surface area (Å²) in [6, 6.07) is 2.27. The van der Waals surface area contributed by atoms with Crippen LogP contribution in [0.1, 0.15) is 18.7 Å². The summed E-state index contributed by atoms with van der Waals surface area (Å²) in [5.74, 6) is 2.43. The summed E-state index contributed by atoms with van der Waals surface area (Å²) < 4.78 is 0. The van der Waals surface area contributed by atoms with Gasteiger partial charge in [-0.05, 0) is 31.7 Å². The Morgan fingerprint density at radius 2 is 2.43 bits per heavy atom. The van der Waals surface area contributed by atoms with Gasteiger partial charge < -0.3 is 11.1 Å². The minimum absolute atomic E-state index is 0.379. The quantitative estimate of drug-likeness (QED) is 0.745. The Morgan fingerprint density at radius 1 is 1.64 bits per heavy atom. The van der Waals surface area contributed by atoms with E-state index in [0.29, 0.717) is 12.6 Å². The number of aryl methyl sites for hydroxylation is 1. The maximum atomic E-state index is 5.69. The summed E-state index contributed by atoms with van der Waals surface area (Å²) in [5.41, 5.74) is 5.69. The fraction of sp³-hybridized carbons (Fsp3) is 0.600. The van der Waals surface area contributed by atoms with Gasteiger partial charge in [-0.3, -0.25) is 0 Å². The molecule has 1 aliphatic rings. The van der Waals surface area contributed by atoms with Crippen LogP contribution in [0.25, 0.3) is 0 Å². The fourth-order valence-electron chi connectivity index (χ4n) is 1.59. The maximum absolute atomic E-state index is 5.69. The standard InChI is InChI=1S/C10H16N4/c1-7-12-5-4-10(13-7)14-9(6-11)8-2-3-8/h4-5,8-9H,2-3,6,11H2,1H3,(H,12,13,14). The molecule has 3 N–H and O–H groups in total. The molecule has 1 fully saturated rings. The van der Waals surface area contributed by atoms with E-state index in [2.05, 4.69) is 15.3 Å². The molecule has 0 radical (unpaired) electrons. The zero-order valence-corrected chi connectivity index (χ0v) is 8.40. The first-order valence-electron chi connectivity index (χ1n) is 5.06. The molecular formula is C10H16N4. The van der Waals surface area contributed by atoms with E-state index in [1.165, 1.54) is 12.8 Å². The molecule has 1 saturated carbocycles. The summed E-state index contributed by atoms with van der Waals surface area (Å²) in [5, 5.41) is 3.36. The lowest BCUT2D eigenvalue weighted by Gasteiger charge is -2.16. The smallest absolute Gasteiger partial charge is 0.129 e. The predicted molar refractivity (Wildman–Crippen MR) is 56.0 cm³/mol. The number of nitrogens with one attached hydrogen (secondary N) is 1. The molecule has 76 valence electrons. The third-order valence-corrected chi connectivity index (χ3v) is 2.55. The number of hydrogen-bond donors (Lipinski definition) is 2. The van der Waals surface area contributed by atoms with E-state index in [0.717, 1.165) is 17.6 Å². The largest absolute Gasteiger partial charge is 0.366 e. The summed E-state index contributed by atoms with van der Waals surface area (Å²) in [6.07, 6.45) is 4.35. The zero-order valence-electron chi connectivity index (χ0n) is 8.40. The maximum Gasteiger partial charge on any atom is 0.129 e. The third kappa shape index (κ3) is 2.20. The van der Waals surface area contributed by atoms with E-state index in [1.54, 1.807) is 6.20 Å². The predicted octanol–water partition coefficient (Wildman–Crippen LogP) is 0.934. The van der Waals surface area contributed by atoms with E-state index < -0.39 is 0 Å². The fourth-order valence-corrected chi connectivity index (χ4v) is 1.59. The SMILES string of the molecule is Cc1nccc(NC(CN)C2CC2)n1. The zero-order chi connectivity index (χ0) is 9.97. The van der Waals surface area contributed by atoms with E-state index >= 15 is 0 Å². The van der Waals surface area contributed by atoms with Crippen LogP contribution < -0.4 is 11.1 Å². The van der Waals surface area contributed by atoms with Crippen molar-refractivity contribution in [3.8, 4) is 0 Å². The van der Waals surface area contributed by atoms with Gasteiger partial charge in [-0.2, -0.15) is 0 Å². The van der Waals surface area contributed by atoms with E-state index in [-0.39, 0.29) is 0 Å². The molecular weight excluding hydrogens is 176 g/mol. The average Bonchev–Trinajstić information content (AvgIpc) is 2.97. The number of rotatable bonds is 4. The van der Waals surface area contributed by atoms with E-state index in [9.17, 15) is 0 Å². The number of aromatic nitrogens is 2. The lowest BCUT2D eigenvalue weighted by molar-refractivity contribution is 0.641. The van der Waals surface area contributed by atoms with Gasteiger partial charge in [-0.15, -0.1) is 0 Å². The van der Waals surface area contributed by atoms with Gasteiger partial charge in [0, 0.05) is 18.8 Å². The highest BCUT2D eigenvalue weighted by molar-refractivity contribution is 5.35. The molecule has 4 nitrogen and oxygen atoms in total. The van der Waals surface area contributed by atoms with Crippen molar-refractivity contribution in [2.24, 2.45) is 11.7 Å². The summed E-state index contributed by atoms with van der Waals surface area (Å²) >= 11 is 0. The normalized spacial score (nSPS) is 17.9. The van der Waals surface area contributed by atoms with Crippen LogP contribution in [-0.4, -0.2) is 22.6 Å². The summed E-state index contributed by atoms with van der Waals surface area (Å²) in [6.45, 7) is 2.56. The lowest BCUT2D eigenvalue weighted by atomic mass is 10.2. The van der Waals surface area contributed by atoms with Gasteiger partial charge in [0.2, 0.25) is 0 Å². The minimum atomic E-state index is 0.379. The number of hydrogen-bond acceptors (Lipinski definition) is 4. The highest BCUT2D eigenvalue weighted by Crippen LogP contribution is 2.33. The molecule has 1 atom stereocenters. The number of anilines is 1. The van der Waals surface area contributed by atoms with Crippen LogP contribution >= 0.6 is 0 Å². The molecule has 1 aromatic rings. The van der Waals surface area contributed by atoms with Gasteiger partial charge in [0.1, 0.15) is 11.6 Å². The Bertz CT molecular complexity index is 309. The second kappa shape index (κ2) is 3.92. The van der Waals surface area contributed by atoms with Crippen molar-refractivity contribution >= 4 is 5.82 Å². The van der Waals surface area contributed by atoms with Crippen LogP contribution in [0.15, 0.2) is 12.3 Å². The van der Waals surface area contributed by atoms with Gasteiger partial charge in [-0.1, -0.05) is 0 Å². The topological polar surface area (TPSA) is 63.8 Å². The van der Waals surface area contributed by atoms with Crippen LogP contribution in [0.5, 0.6) is 0 Å². The molecule has 0 bridgehead atoms. The van der Waals surface area contributed by atoms with Crippen molar-refractivity contribution in [1.82, 2.24) is 9.97 Å². The number of nitrogens with two attached hydrogens (primary N) is 1.